The van der Waals surface area contributed by atoms with Crippen molar-refractivity contribution in [2.75, 3.05) is 19.0 Å². The summed E-state index contributed by atoms with van der Waals surface area (Å²) in [5.74, 6) is 0.484. The largest absolute Gasteiger partial charge is 0.337 e. The van der Waals surface area contributed by atoms with Gasteiger partial charge in [0.05, 0.1) is 5.56 Å². The minimum absolute atomic E-state index is 0.0159. The van der Waals surface area contributed by atoms with Gasteiger partial charge in [0.2, 0.25) is 0 Å². The van der Waals surface area contributed by atoms with Crippen LogP contribution in [-0.2, 0) is 0 Å². The van der Waals surface area contributed by atoms with Gasteiger partial charge in [-0.2, -0.15) is 0 Å². The molecule has 0 aliphatic rings. The molecule has 88 valence electrons. The number of hydrogen-bond acceptors (Lipinski definition) is 2. The lowest BCUT2D eigenvalue weighted by atomic mass is 10.2. The van der Waals surface area contributed by atoms with Crippen LogP contribution in [0.25, 0.3) is 0 Å². The van der Waals surface area contributed by atoms with E-state index in [1.165, 1.54) is 0 Å². The molecule has 0 radical (unpaired) electrons. The molecule has 1 heterocycles. The van der Waals surface area contributed by atoms with E-state index >= 15 is 0 Å². The number of halogens is 1. The van der Waals surface area contributed by atoms with Gasteiger partial charge in [-0.15, -0.1) is 11.6 Å². The molecule has 0 aliphatic heterocycles. The number of pyridine rings is 1. The summed E-state index contributed by atoms with van der Waals surface area (Å²) in [7, 11) is 0. The smallest absolute Gasteiger partial charge is 0.255 e. The fourth-order valence-corrected chi connectivity index (χ4v) is 1.64. The summed E-state index contributed by atoms with van der Waals surface area (Å²) in [6.07, 6.45) is 5.33. The van der Waals surface area contributed by atoms with Gasteiger partial charge in [0.15, 0.2) is 0 Å². The minimum atomic E-state index is 0.0159. The lowest BCUT2D eigenvalue weighted by Gasteiger charge is -2.21. The number of hydrogen-bond donors (Lipinski definition) is 0. The Hall–Kier alpha value is -1.09. The molecule has 16 heavy (non-hydrogen) atoms. The van der Waals surface area contributed by atoms with Crippen LogP contribution in [0.2, 0.25) is 0 Å². The van der Waals surface area contributed by atoms with Gasteiger partial charge in [0.1, 0.15) is 0 Å². The maximum absolute atomic E-state index is 12.1. The predicted octanol–water partition coefficient (Wildman–Crippen LogP) is 2.56. The molecule has 0 unspecified atom stereocenters. The average molecular weight is 241 g/mol. The van der Waals surface area contributed by atoms with E-state index in [9.17, 15) is 4.79 Å². The van der Waals surface area contributed by atoms with Gasteiger partial charge < -0.3 is 4.90 Å². The fraction of sp³-hybridized carbons (Fsp3) is 0.500. The van der Waals surface area contributed by atoms with Gasteiger partial charge in [0.25, 0.3) is 5.91 Å². The monoisotopic (exact) mass is 240 g/mol. The molecule has 0 atom stereocenters. The van der Waals surface area contributed by atoms with E-state index in [-0.39, 0.29) is 5.91 Å². The third-order valence-corrected chi connectivity index (χ3v) is 2.50. The normalized spacial score (nSPS) is 10.1. The summed E-state index contributed by atoms with van der Waals surface area (Å²) in [6.45, 7) is 3.46. The molecular weight excluding hydrogens is 224 g/mol. The van der Waals surface area contributed by atoms with Gasteiger partial charge >= 0.3 is 0 Å². The van der Waals surface area contributed by atoms with Gasteiger partial charge in [0, 0.05) is 31.4 Å². The first-order chi connectivity index (χ1) is 7.79. The second kappa shape index (κ2) is 7.23. The lowest BCUT2D eigenvalue weighted by Crippen LogP contribution is -2.33. The maximum Gasteiger partial charge on any atom is 0.255 e. The average Bonchev–Trinajstić information content (AvgIpc) is 2.35. The standard InChI is InChI=1S/C12H17ClN2O/c1-2-3-8-15(9-6-13)12(16)11-5-4-7-14-10-11/h4-5,7,10H,2-3,6,8-9H2,1H3. The molecule has 0 saturated carbocycles. The molecule has 3 nitrogen and oxygen atoms in total. The SMILES string of the molecule is CCCCN(CCCl)C(=O)c1cccnc1. The highest BCUT2D eigenvalue weighted by Gasteiger charge is 2.14. The molecule has 0 saturated heterocycles. The van der Waals surface area contributed by atoms with Gasteiger partial charge in [-0.05, 0) is 18.6 Å². The number of nitrogens with zero attached hydrogens (tertiary/aromatic N) is 2. The molecule has 1 aromatic heterocycles. The van der Waals surface area contributed by atoms with Crippen molar-refractivity contribution in [3.63, 3.8) is 0 Å². The Labute approximate surface area is 101 Å². The third-order valence-electron chi connectivity index (χ3n) is 2.33. The van der Waals surface area contributed by atoms with Crippen molar-refractivity contribution in [3.8, 4) is 0 Å². The summed E-state index contributed by atoms with van der Waals surface area (Å²) >= 11 is 5.70. The van der Waals surface area contributed by atoms with Crippen LogP contribution in [0, 0.1) is 0 Å². The number of carbonyl (C=O) groups excluding carboxylic acids is 1. The summed E-state index contributed by atoms with van der Waals surface area (Å²) in [6, 6.07) is 3.55. The number of carbonyl (C=O) groups is 1. The molecule has 1 rings (SSSR count). The Morgan fingerprint density at radius 1 is 1.50 bits per heavy atom. The summed E-state index contributed by atoms with van der Waals surface area (Å²) < 4.78 is 0. The maximum atomic E-state index is 12.1. The molecule has 4 heteroatoms. The summed E-state index contributed by atoms with van der Waals surface area (Å²) in [5.41, 5.74) is 0.628. The van der Waals surface area contributed by atoms with Crippen LogP contribution in [-0.4, -0.2) is 34.8 Å². The van der Waals surface area contributed by atoms with Crippen LogP contribution in [0.15, 0.2) is 24.5 Å². The minimum Gasteiger partial charge on any atom is -0.337 e. The first-order valence-electron chi connectivity index (χ1n) is 5.54. The van der Waals surface area contributed by atoms with E-state index < -0.39 is 0 Å². The Balaban J connectivity index is 2.67. The highest BCUT2D eigenvalue weighted by molar-refractivity contribution is 6.18. The van der Waals surface area contributed by atoms with Gasteiger partial charge in [-0.3, -0.25) is 9.78 Å². The lowest BCUT2D eigenvalue weighted by molar-refractivity contribution is 0.0763. The number of aromatic nitrogens is 1. The number of amides is 1. The summed E-state index contributed by atoms with van der Waals surface area (Å²) in [5, 5.41) is 0. The van der Waals surface area contributed by atoms with E-state index in [1.54, 1.807) is 29.4 Å². The highest BCUT2D eigenvalue weighted by atomic mass is 35.5. The second-order valence-electron chi connectivity index (χ2n) is 3.58. The first-order valence-corrected chi connectivity index (χ1v) is 6.08. The zero-order valence-corrected chi connectivity index (χ0v) is 10.3. The second-order valence-corrected chi connectivity index (χ2v) is 3.95. The Morgan fingerprint density at radius 2 is 2.31 bits per heavy atom. The van der Waals surface area contributed by atoms with Crippen LogP contribution in [0.4, 0.5) is 0 Å². The first kappa shape index (κ1) is 13.0. The van der Waals surface area contributed by atoms with Crippen molar-refractivity contribution in [2.24, 2.45) is 0 Å². The molecular formula is C12H17ClN2O. The summed E-state index contributed by atoms with van der Waals surface area (Å²) in [4.78, 5) is 17.8. The van der Waals surface area contributed by atoms with Crippen molar-refractivity contribution >= 4 is 17.5 Å². The van der Waals surface area contributed by atoms with Gasteiger partial charge in [-0.1, -0.05) is 13.3 Å². The van der Waals surface area contributed by atoms with Crippen molar-refractivity contribution in [3.05, 3.63) is 30.1 Å². The van der Waals surface area contributed by atoms with E-state index in [1.807, 2.05) is 0 Å². The predicted molar refractivity (Wildman–Crippen MR) is 65.8 cm³/mol. The molecule has 0 N–H and O–H groups in total. The van der Waals surface area contributed by atoms with Crippen LogP contribution < -0.4 is 0 Å². The number of alkyl halides is 1. The molecule has 0 bridgehead atoms. The number of unbranched alkanes of at least 4 members (excludes halogenated alkanes) is 1. The molecule has 0 aliphatic carbocycles. The van der Waals surface area contributed by atoms with Crippen molar-refractivity contribution in [1.29, 1.82) is 0 Å². The topological polar surface area (TPSA) is 33.2 Å². The molecule has 0 spiro atoms. The van der Waals surface area contributed by atoms with Gasteiger partial charge in [-0.25, -0.2) is 0 Å². The highest BCUT2D eigenvalue weighted by Crippen LogP contribution is 2.05. The fourth-order valence-electron chi connectivity index (χ4n) is 1.44. The van der Waals surface area contributed by atoms with Crippen LogP contribution in [0.1, 0.15) is 30.1 Å². The van der Waals surface area contributed by atoms with E-state index in [2.05, 4.69) is 11.9 Å². The van der Waals surface area contributed by atoms with E-state index in [0.717, 1.165) is 19.4 Å². The molecule has 0 aromatic carbocycles. The Morgan fingerprint density at radius 3 is 2.88 bits per heavy atom. The van der Waals surface area contributed by atoms with Crippen LogP contribution >= 0.6 is 11.6 Å². The quantitative estimate of drug-likeness (QED) is 0.716. The molecule has 1 amide bonds. The number of rotatable bonds is 6. The molecule has 1 aromatic rings. The Kier molecular flexibility index (Phi) is 5.86. The third kappa shape index (κ3) is 3.81. The van der Waals surface area contributed by atoms with Crippen molar-refractivity contribution < 1.29 is 4.79 Å². The van der Waals surface area contributed by atoms with Crippen molar-refractivity contribution in [2.45, 2.75) is 19.8 Å². The van der Waals surface area contributed by atoms with Crippen LogP contribution in [0.3, 0.4) is 0 Å². The zero-order valence-electron chi connectivity index (χ0n) is 9.53. The van der Waals surface area contributed by atoms with E-state index in [4.69, 9.17) is 11.6 Å². The Bertz CT molecular complexity index is 316. The molecule has 0 fully saturated rings. The van der Waals surface area contributed by atoms with Crippen molar-refractivity contribution in [1.82, 2.24) is 9.88 Å². The van der Waals surface area contributed by atoms with Crippen LogP contribution in [0.5, 0.6) is 0 Å². The zero-order chi connectivity index (χ0) is 11.8. The van der Waals surface area contributed by atoms with E-state index in [0.29, 0.717) is 18.0 Å².